The molecule has 0 N–H and O–H groups in total. The van der Waals surface area contributed by atoms with Crippen LogP contribution in [0.2, 0.25) is 0 Å². The van der Waals surface area contributed by atoms with Gasteiger partial charge < -0.3 is 4.74 Å². The lowest BCUT2D eigenvalue weighted by atomic mass is 9.34. The van der Waals surface area contributed by atoms with Gasteiger partial charge in [0.05, 0.1) is 0 Å². The highest BCUT2D eigenvalue weighted by molar-refractivity contribution is 8.06. The van der Waals surface area contributed by atoms with E-state index in [9.17, 15) is 4.79 Å². The van der Waals surface area contributed by atoms with Crippen LogP contribution in [0.1, 0.15) is 120 Å². The summed E-state index contributed by atoms with van der Waals surface area (Å²) >= 11 is 2.07. The van der Waals surface area contributed by atoms with Gasteiger partial charge in [-0.05, 0) is 113 Å². The van der Waals surface area contributed by atoms with Crippen LogP contribution in [0.15, 0.2) is 21.5 Å². The van der Waals surface area contributed by atoms with E-state index in [4.69, 9.17) is 4.74 Å². The van der Waals surface area contributed by atoms with E-state index in [1.807, 2.05) is 0 Å². The second kappa shape index (κ2) is 8.65. The van der Waals surface area contributed by atoms with Crippen molar-refractivity contribution in [3.8, 4) is 0 Å². The van der Waals surface area contributed by atoms with Crippen molar-refractivity contribution >= 4 is 17.7 Å². The van der Waals surface area contributed by atoms with Gasteiger partial charge in [0.2, 0.25) is 0 Å². The molecule has 2 nitrogen and oxygen atoms in total. The van der Waals surface area contributed by atoms with Gasteiger partial charge in [-0.3, -0.25) is 4.79 Å². The molecular weight excluding hydrogens is 460 g/mol. The normalized spacial score (nSPS) is 45.7. The van der Waals surface area contributed by atoms with Crippen LogP contribution in [-0.2, 0) is 9.53 Å². The van der Waals surface area contributed by atoms with Crippen LogP contribution in [0.3, 0.4) is 0 Å². The van der Waals surface area contributed by atoms with E-state index in [0.29, 0.717) is 28.8 Å². The molecule has 1 aliphatic heterocycles. The van der Waals surface area contributed by atoms with Crippen molar-refractivity contribution in [2.24, 2.45) is 50.7 Å². The lowest BCUT2D eigenvalue weighted by molar-refractivity contribution is -0.191. The van der Waals surface area contributed by atoms with Crippen LogP contribution >= 0.6 is 11.8 Å². The standard InChI is InChI=1S/C33H52O2S/c1-21(2)25-13-17-33(20-35-23(4)34)19-18-31(8)24(28(33)36-25)10-11-27-30(7)15-12-22(3)29(5,6)26(30)14-16-32(27,31)9/h13,21-22,26-27H,10-12,14-20H2,1-9H3/t22-,26?,27?,30-,31+,32+,33+/m0/s1. The number of hydrogen-bond acceptors (Lipinski definition) is 3. The second-order valence-corrected chi connectivity index (χ2v) is 16.2. The molecule has 36 heavy (non-hydrogen) atoms. The van der Waals surface area contributed by atoms with Crippen molar-refractivity contribution in [2.45, 2.75) is 120 Å². The summed E-state index contributed by atoms with van der Waals surface area (Å²) in [7, 11) is 0. The average molecular weight is 513 g/mol. The van der Waals surface area contributed by atoms with Crippen molar-refractivity contribution in [3.05, 3.63) is 21.5 Å². The first kappa shape index (κ1) is 26.9. The summed E-state index contributed by atoms with van der Waals surface area (Å²) < 4.78 is 5.79. The van der Waals surface area contributed by atoms with Gasteiger partial charge in [-0.1, -0.05) is 78.8 Å². The van der Waals surface area contributed by atoms with Gasteiger partial charge in [0.1, 0.15) is 6.61 Å². The van der Waals surface area contributed by atoms with E-state index in [1.165, 1.54) is 49.9 Å². The Balaban J connectivity index is 1.58. The average Bonchev–Trinajstić information content (AvgIpc) is 2.80. The highest BCUT2D eigenvalue weighted by atomic mass is 32.2. The van der Waals surface area contributed by atoms with Crippen molar-refractivity contribution in [1.29, 1.82) is 0 Å². The molecule has 7 atom stereocenters. The fourth-order valence-corrected chi connectivity index (χ4v) is 11.8. The lowest BCUT2D eigenvalue weighted by Gasteiger charge is -2.71. The molecule has 5 rings (SSSR count). The zero-order valence-electron chi connectivity index (χ0n) is 24.7. The van der Waals surface area contributed by atoms with Crippen molar-refractivity contribution < 1.29 is 9.53 Å². The van der Waals surface area contributed by atoms with Gasteiger partial charge in [-0.2, -0.15) is 0 Å². The van der Waals surface area contributed by atoms with Gasteiger partial charge in [-0.15, -0.1) is 0 Å². The van der Waals surface area contributed by atoms with Crippen LogP contribution in [0.4, 0.5) is 0 Å². The molecule has 1 heterocycles. The third kappa shape index (κ3) is 3.60. The molecule has 0 aromatic heterocycles. The molecule has 0 radical (unpaired) electrons. The predicted molar refractivity (Wildman–Crippen MR) is 152 cm³/mol. The number of fused-ring (bicyclic) bond motifs is 6. The quantitative estimate of drug-likeness (QED) is 0.352. The van der Waals surface area contributed by atoms with Crippen LogP contribution in [-0.4, -0.2) is 12.6 Å². The van der Waals surface area contributed by atoms with Crippen molar-refractivity contribution in [1.82, 2.24) is 0 Å². The molecule has 0 bridgehead atoms. The molecule has 0 aromatic rings. The number of allylic oxidation sites excluding steroid dienone is 3. The first-order valence-electron chi connectivity index (χ1n) is 15.0. The van der Waals surface area contributed by atoms with E-state index in [-0.39, 0.29) is 16.8 Å². The fourth-order valence-electron chi connectivity index (χ4n) is 10.3. The van der Waals surface area contributed by atoms with Gasteiger partial charge in [0.15, 0.2) is 0 Å². The van der Waals surface area contributed by atoms with Crippen molar-refractivity contribution in [2.75, 3.05) is 6.61 Å². The summed E-state index contributed by atoms with van der Waals surface area (Å²) in [4.78, 5) is 15.0. The number of thioether (sulfide) groups is 1. The maximum atomic E-state index is 11.9. The smallest absolute Gasteiger partial charge is 0.302 e. The first-order chi connectivity index (χ1) is 16.7. The maximum absolute atomic E-state index is 11.9. The van der Waals surface area contributed by atoms with Crippen LogP contribution in [0.25, 0.3) is 0 Å². The minimum atomic E-state index is -0.137. The molecule has 3 saturated carbocycles. The fraction of sp³-hybridized carbons (Fsp3) is 0.848. The second-order valence-electron chi connectivity index (χ2n) is 15.1. The molecule has 202 valence electrons. The number of rotatable bonds is 3. The van der Waals surface area contributed by atoms with Gasteiger partial charge >= 0.3 is 5.97 Å². The minimum Gasteiger partial charge on any atom is -0.465 e. The zero-order valence-corrected chi connectivity index (χ0v) is 25.5. The largest absolute Gasteiger partial charge is 0.465 e. The Morgan fingerprint density at radius 2 is 1.75 bits per heavy atom. The monoisotopic (exact) mass is 512 g/mol. The van der Waals surface area contributed by atoms with Gasteiger partial charge in [0.25, 0.3) is 0 Å². The third-order valence-corrected chi connectivity index (χ3v) is 14.9. The third-order valence-electron chi connectivity index (χ3n) is 13.1. The first-order valence-corrected chi connectivity index (χ1v) is 15.8. The maximum Gasteiger partial charge on any atom is 0.302 e. The van der Waals surface area contributed by atoms with Crippen LogP contribution in [0.5, 0.6) is 0 Å². The summed E-state index contributed by atoms with van der Waals surface area (Å²) in [6, 6.07) is 0. The summed E-state index contributed by atoms with van der Waals surface area (Å²) in [5.41, 5.74) is 3.24. The van der Waals surface area contributed by atoms with E-state index >= 15 is 0 Å². The molecule has 0 aromatic carbocycles. The molecule has 3 heteroatoms. The van der Waals surface area contributed by atoms with E-state index in [2.05, 4.69) is 73.2 Å². The summed E-state index contributed by atoms with van der Waals surface area (Å²) in [5, 5.41) is 0. The van der Waals surface area contributed by atoms with Gasteiger partial charge in [-0.25, -0.2) is 0 Å². The highest BCUT2D eigenvalue weighted by Gasteiger charge is 2.67. The summed E-state index contributed by atoms with van der Waals surface area (Å²) in [6.07, 6.45) is 14.0. The molecule has 5 aliphatic rings. The Morgan fingerprint density at radius 3 is 2.42 bits per heavy atom. The van der Waals surface area contributed by atoms with E-state index < -0.39 is 0 Å². The molecule has 2 unspecified atom stereocenters. The van der Waals surface area contributed by atoms with E-state index in [1.54, 1.807) is 17.4 Å². The Morgan fingerprint density at radius 1 is 1.03 bits per heavy atom. The molecule has 0 saturated heterocycles. The summed E-state index contributed by atoms with van der Waals surface area (Å²) in [5.74, 6) is 2.89. The number of carbonyl (C=O) groups excluding carboxylic acids is 1. The summed E-state index contributed by atoms with van der Waals surface area (Å²) in [6.45, 7) is 22.5. The van der Waals surface area contributed by atoms with E-state index in [0.717, 1.165) is 30.6 Å². The topological polar surface area (TPSA) is 26.3 Å². The molecule has 4 aliphatic carbocycles. The lowest BCUT2D eigenvalue weighted by Crippen LogP contribution is -2.63. The Kier molecular flexibility index (Phi) is 6.46. The van der Waals surface area contributed by atoms with Gasteiger partial charge in [0, 0.05) is 12.3 Å². The van der Waals surface area contributed by atoms with Crippen LogP contribution < -0.4 is 0 Å². The Bertz CT molecular complexity index is 990. The molecule has 3 fully saturated rings. The number of carbonyl (C=O) groups is 1. The number of ether oxygens (including phenoxy) is 1. The predicted octanol–water partition coefficient (Wildman–Crippen LogP) is 9.56. The van der Waals surface area contributed by atoms with Crippen LogP contribution in [0, 0.1) is 50.7 Å². The number of hydrogen-bond donors (Lipinski definition) is 0. The highest BCUT2D eigenvalue weighted by Crippen LogP contribution is 2.76. The zero-order chi connectivity index (χ0) is 26.3. The number of esters is 1. The molecule has 0 spiro atoms. The molecular formula is C33H52O2S. The Labute approximate surface area is 225 Å². The SMILES string of the molecule is CC(=O)OC[C@]12CC=C(C(C)C)SC1=C1CCC3[C@@]4(C)CC[C@H](C)C(C)(C)C4CC[C@@]3(C)[C@]1(C)CC2. The molecule has 0 amide bonds. The minimum absolute atomic E-state index is 0.00384. The Hall–Kier alpha value is -0.700. The van der Waals surface area contributed by atoms with Crippen molar-refractivity contribution in [3.63, 3.8) is 0 Å².